The first-order chi connectivity index (χ1) is 15.2. The Morgan fingerprint density at radius 3 is 2.71 bits per heavy atom. The number of para-hydroxylation sites is 2. The molecular weight excluding hydrogens is 410 g/mol. The molecule has 0 bridgehead atoms. The maximum Gasteiger partial charge on any atom is 0.244 e. The monoisotopic (exact) mass is 441 g/mol. The number of fused-ring (bicyclic) bond motifs is 1. The van der Waals surface area contributed by atoms with Crippen LogP contribution in [0.3, 0.4) is 0 Å². The van der Waals surface area contributed by atoms with Crippen LogP contribution in [-0.4, -0.2) is 74.6 Å². The number of hydrogen-bond acceptors (Lipinski definition) is 5. The molecule has 2 aliphatic heterocycles. The summed E-state index contributed by atoms with van der Waals surface area (Å²) in [6.45, 7) is 7.98. The van der Waals surface area contributed by atoms with Gasteiger partial charge in [0.2, 0.25) is 5.91 Å². The van der Waals surface area contributed by atoms with Gasteiger partial charge < -0.3 is 24.8 Å². The van der Waals surface area contributed by atoms with Crippen molar-refractivity contribution in [3.63, 3.8) is 0 Å². The van der Waals surface area contributed by atoms with Crippen molar-refractivity contribution in [1.29, 1.82) is 0 Å². The van der Waals surface area contributed by atoms with Crippen LogP contribution in [-0.2, 0) is 17.8 Å². The van der Waals surface area contributed by atoms with Crippen molar-refractivity contribution in [3.05, 3.63) is 46.2 Å². The average molecular weight is 442 g/mol. The molecule has 1 amide bonds. The van der Waals surface area contributed by atoms with Crippen LogP contribution in [0.4, 0.5) is 5.69 Å². The predicted octanol–water partition coefficient (Wildman–Crippen LogP) is 2.43. The van der Waals surface area contributed by atoms with E-state index >= 15 is 0 Å². The molecule has 3 heterocycles. The molecule has 166 valence electrons. The molecule has 2 aromatic rings. The number of nitrogens with one attached hydrogen (secondary N) is 1. The molecule has 31 heavy (non-hydrogen) atoms. The van der Waals surface area contributed by atoms with Gasteiger partial charge in [0.05, 0.1) is 12.8 Å². The minimum Gasteiger partial charge on any atom is -0.495 e. The lowest BCUT2D eigenvalue weighted by Crippen LogP contribution is -2.53. The highest BCUT2D eigenvalue weighted by molar-refractivity contribution is 7.10. The summed E-state index contributed by atoms with van der Waals surface area (Å²) in [7, 11) is 1.71. The zero-order valence-corrected chi connectivity index (χ0v) is 19.2. The summed E-state index contributed by atoms with van der Waals surface area (Å²) in [5, 5.41) is 5.48. The number of guanidine groups is 1. The molecule has 1 saturated heterocycles. The third kappa shape index (κ3) is 4.95. The van der Waals surface area contributed by atoms with Crippen LogP contribution in [0.15, 0.2) is 40.7 Å². The second kappa shape index (κ2) is 10.0. The van der Waals surface area contributed by atoms with Crippen molar-refractivity contribution in [2.45, 2.75) is 19.9 Å². The van der Waals surface area contributed by atoms with Gasteiger partial charge in [-0.25, -0.2) is 4.99 Å². The Morgan fingerprint density at radius 1 is 1.13 bits per heavy atom. The number of carbonyl (C=O) groups is 1. The number of carbonyl (C=O) groups excluding carboxylic acids is 1. The molecule has 0 saturated carbocycles. The number of nitrogens with zero attached hydrogens (tertiary/aromatic N) is 4. The van der Waals surface area contributed by atoms with E-state index < -0.39 is 0 Å². The summed E-state index contributed by atoms with van der Waals surface area (Å²) in [5.41, 5.74) is 2.41. The van der Waals surface area contributed by atoms with Gasteiger partial charge in [0.1, 0.15) is 12.3 Å². The summed E-state index contributed by atoms with van der Waals surface area (Å²) in [6.07, 6.45) is 0.952. The summed E-state index contributed by atoms with van der Waals surface area (Å²) < 4.78 is 5.52. The van der Waals surface area contributed by atoms with Gasteiger partial charge >= 0.3 is 0 Å². The standard InChI is InChI=1S/C23H31N5O2S/c1-3-24-23(25-16-22(29)28-10-8-21-18(17-28)9-15-31-21)27-13-11-26(12-14-27)19-6-4-5-7-20(19)30-2/h4-7,9,15H,3,8,10-14,16-17H2,1-2H3,(H,24,25). The Kier molecular flexibility index (Phi) is 6.96. The van der Waals surface area contributed by atoms with Crippen LogP contribution < -0.4 is 15.0 Å². The summed E-state index contributed by atoms with van der Waals surface area (Å²) in [4.78, 5) is 25.4. The molecule has 0 atom stereocenters. The van der Waals surface area contributed by atoms with Crippen molar-refractivity contribution < 1.29 is 9.53 Å². The Balaban J connectivity index is 1.35. The molecule has 0 unspecified atom stereocenters. The van der Waals surface area contributed by atoms with Gasteiger partial charge in [-0.2, -0.15) is 0 Å². The number of ether oxygens (including phenoxy) is 1. The van der Waals surface area contributed by atoms with E-state index in [1.807, 2.05) is 23.1 Å². The largest absolute Gasteiger partial charge is 0.495 e. The number of amides is 1. The Hall–Kier alpha value is -2.74. The SMILES string of the molecule is CCNC(=NCC(=O)N1CCc2sccc2C1)N1CCN(c2ccccc2OC)CC1. The molecule has 0 aliphatic carbocycles. The van der Waals surface area contributed by atoms with E-state index in [9.17, 15) is 4.79 Å². The topological polar surface area (TPSA) is 60.4 Å². The molecule has 1 N–H and O–H groups in total. The van der Waals surface area contributed by atoms with Crippen LogP contribution >= 0.6 is 11.3 Å². The van der Waals surface area contributed by atoms with Gasteiger partial charge in [0.15, 0.2) is 5.96 Å². The van der Waals surface area contributed by atoms with Gasteiger partial charge in [-0.3, -0.25) is 4.79 Å². The molecule has 4 rings (SSSR count). The van der Waals surface area contributed by atoms with Crippen molar-refractivity contribution in [3.8, 4) is 5.75 Å². The summed E-state index contributed by atoms with van der Waals surface area (Å²) in [5.74, 6) is 1.82. The lowest BCUT2D eigenvalue weighted by Gasteiger charge is -2.38. The van der Waals surface area contributed by atoms with Gasteiger partial charge in [0.25, 0.3) is 0 Å². The Morgan fingerprint density at radius 2 is 1.94 bits per heavy atom. The molecule has 7 nitrogen and oxygen atoms in total. The van der Waals surface area contributed by atoms with Crippen molar-refractivity contribution in [2.75, 3.05) is 57.8 Å². The molecule has 0 spiro atoms. The van der Waals surface area contributed by atoms with E-state index in [1.165, 1.54) is 10.4 Å². The number of benzene rings is 1. The van der Waals surface area contributed by atoms with Gasteiger partial charge in [-0.1, -0.05) is 12.1 Å². The van der Waals surface area contributed by atoms with E-state index in [0.29, 0.717) is 6.54 Å². The Labute approximate surface area is 188 Å². The highest BCUT2D eigenvalue weighted by Crippen LogP contribution is 2.28. The molecule has 2 aliphatic rings. The zero-order valence-electron chi connectivity index (χ0n) is 18.3. The smallest absolute Gasteiger partial charge is 0.244 e. The molecule has 1 fully saturated rings. The first-order valence-corrected chi connectivity index (χ1v) is 11.8. The highest BCUT2D eigenvalue weighted by atomic mass is 32.1. The van der Waals surface area contributed by atoms with Gasteiger partial charge in [-0.15, -0.1) is 11.3 Å². The highest BCUT2D eigenvalue weighted by Gasteiger charge is 2.24. The number of piperazine rings is 1. The second-order valence-corrected chi connectivity index (χ2v) is 8.75. The average Bonchev–Trinajstić information content (AvgIpc) is 3.29. The van der Waals surface area contributed by atoms with E-state index in [-0.39, 0.29) is 12.5 Å². The maximum atomic E-state index is 12.8. The van der Waals surface area contributed by atoms with E-state index in [0.717, 1.165) is 63.1 Å². The third-order valence-electron chi connectivity index (χ3n) is 5.86. The molecule has 0 radical (unpaired) electrons. The van der Waals surface area contributed by atoms with Crippen LogP contribution in [0.5, 0.6) is 5.75 Å². The van der Waals surface area contributed by atoms with Crippen LogP contribution in [0.25, 0.3) is 0 Å². The summed E-state index contributed by atoms with van der Waals surface area (Å²) >= 11 is 1.79. The number of anilines is 1. The Bertz CT molecular complexity index is 920. The minimum absolute atomic E-state index is 0.0971. The number of hydrogen-bond donors (Lipinski definition) is 1. The molecule has 8 heteroatoms. The molecule has 1 aromatic heterocycles. The van der Waals surface area contributed by atoms with Crippen LogP contribution in [0, 0.1) is 0 Å². The normalized spacial score (nSPS) is 16.8. The minimum atomic E-state index is 0.0971. The van der Waals surface area contributed by atoms with Gasteiger partial charge in [0, 0.05) is 50.7 Å². The number of thiophene rings is 1. The van der Waals surface area contributed by atoms with Crippen LogP contribution in [0.2, 0.25) is 0 Å². The van der Waals surface area contributed by atoms with Gasteiger partial charge in [-0.05, 0) is 42.5 Å². The van der Waals surface area contributed by atoms with Crippen molar-refractivity contribution in [1.82, 2.24) is 15.1 Å². The second-order valence-electron chi connectivity index (χ2n) is 7.75. The van der Waals surface area contributed by atoms with Crippen LogP contribution in [0.1, 0.15) is 17.4 Å². The zero-order chi connectivity index (χ0) is 21.6. The van der Waals surface area contributed by atoms with E-state index in [4.69, 9.17) is 4.74 Å². The first-order valence-electron chi connectivity index (χ1n) is 10.9. The fourth-order valence-corrected chi connectivity index (χ4v) is 5.07. The predicted molar refractivity (Wildman–Crippen MR) is 126 cm³/mol. The first kappa shape index (κ1) is 21.5. The third-order valence-corrected chi connectivity index (χ3v) is 6.89. The molecular formula is C23H31N5O2S. The van der Waals surface area contributed by atoms with Crippen molar-refractivity contribution >= 4 is 28.9 Å². The molecule has 1 aromatic carbocycles. The quantitative estimate of drug-likeness (QED) is 0.571. The fourth-order valence-electron chi connectivity index (χ4n) is 4.18. The number of rotatable bonds is 5. The van der Waals surface area contributed by atoms with Crippen molar-refractivity contribution in [2.24, 2.45) is 4.99 Å². The summed E-state index contributed by atoms with van der Waals surface area (Å²) in [6, 6.07) is 10.3. The maximum absolute atomic E-state index is 12.8. The van der Waals surface area contributed by atoms with E-state index in [1.54, 1.807) is 18.4 Å². The number of aliphatic imine (C=N–C) groups is 1. The lowest BCUT2D eigenvalue weighted by atomic mass is 10.1. The lowest BCUT2D eigenvalue weighted by molar-refractivity contribution is -0.130. The number of methoxy groups -OCH3 is 1. The van der Waals surface area contributed by atoms with E-state index in [2.05, 4.69) is 44.5 Å². The fraction of sp³-hybridized carbons (Fsp3) is 0.478.